The van der Waals surface area contributed by atoms with Crippen LogP contribution in [0.5, 0.6) is 11.5 Å². The zero-order valence-electron chi connectivity index (χ0n) is 13.2. The first-order valence-electron chi connectivity index (χ1n) is 7.80. The molecule has 2 atom stereocenters. The summed E-state index contributed by atoms with van der Waals surface area (Å²) in [6.07, 6.45) is 3.73. The zero-order chi connectivity index (χ0) is 16.1. The van der Waals surface area contributed by atoms with E-state index in [4.69, 9.17) is 9.47 Å². The molecule has 2 rings (SSSR count). The highest BCUT2D eigenvalue weighted by molar-refractivity contribution is 5.94. The number of rotatable bonds is 1. The van der Waals surface area contributed by atoms with Crippen molar-refractivity contribution in [3.8, 4) is 11.5 Å². The van der Waals surface area contributed by atoms with Gasteiger partial charge in [0.1, 0.15) is 17.1 Å². The summed E-state index contributed by atoms with van der Waals surface area (Å²) in [7, 11) is 1.46. The van der Waals surface area contributed by atoms with Crippen LogP contribution in [0.25, 0.3) is 0 Å². The van der Waals surface area contributed by atoms with Crippen molar-refractivity contribution >= 4 is 5.97 Å². The zero-order valence-corrected chi connectivity index (χ0v) is 13.2. The molecule has 0 amide bonds. The van der Waals surface area contributed by atoms with Crippen LogP contribution in [0.4, 0.5) is 0 Å². The third kappa shape index (κ3) is 4.13. The van der Waals surface area contributed by atoms with Crippen LogP contribution < -0.4 is 4.74 Å². The molecule has 2 N–H and O–H groups in total. The Bertz CT molecular complexity index is 526. The fraction of sp³-hybridized carbons (Fsp3) is 0.588. The number of ether oxygens (including phenoxy) is 2. The molecule has 0 radical (unpaired) electrons. The van der Waals surface area contributed by atoms with Gasteiger partial charge in [0.2, 0.25) is 0 Å². The highest BCUT2D eigenvalue weighted by Gasteiger charge is 2.23. The van der Waals surface area contributed by atoms with E-state index < -0.39 is 5.97 Å². The van der Waals surface area contributed by atoms with Crippen molar-refractivity contribution in [1.29, 1.82) is 0 Å². The Hall–Kier alpha value is -1.75. The molecular weight excluding hydrogens is 284 g/mol. The molecule has 1 aliphatic heterocycles. The molecule has 2 unspecified atom stereocenters. The number of hydrogen-bond donors (Lipinski definition) is 2. The minimum atomic E-state index is -0.416. The molecule has 0 bridgehead atoms. The van der Waals surface area contributed by atoms with Crippen molar-refractivity contribution in [2.75, 3.05) is 7.11 Å². The maximum atomic E-state index is 12.5. The topological polar surface area (TPSA) is 76.0 Å². The Morgan fingerprint density at radius 2 is 1.95 bits per heavy atom. The Kier molecular flexibility index (Phi) is 5.66. The molecule has 5 heteroatoms. The van der Waals surface area contributed by atoms with Crippen LogP contribution in [0.1, 0.15) is 54.9 Å². The number of aryl methyl sites for hydroxylation is 1. The number of benzene rings is 1. The number of phenols is 1. The fourth-order valence-corrected chi connectivity index (χ4v) is 2.86. The first-order chi connectivity index (χ1) is 10.5. The van der Waals surface area contributed by atoms with E-state index in [2.05, 4.69) is 0 Å². The van der Waals surface area contributed by atoms with Crippen molar-refractivity contribution < 1.29 is 24.5 Å². The van der Waals surface area contributed by atoms with Crippen LogP contribution in [0.15, 0.2) is 12.1 Å². The number of aliphatic hydroxyl groups is 1. The molecule has 22 heavy (non-hydrogen) atoms. The summed E-state index contributed by atoms with van der Waals surface area (Å²) in [6.45, 7) is 1.85. The molecule has 0 saturated heterocycles. The minimum absolute atomic E-state index is 0.0593. The number of cyclic esters (lactones) is 1. The van der Waals surface area contributed by atoms with Gasteiger partial charge in [-0.3, -0.25) is 0 Å². The molecule has 1 aliphatic rings. The molecule has 0 fully saturated rings. The lowest BCUT2D eigenvalue weighted by Gasteiger charge is -2.20. The lowest BCUT2D eigenvalue weighted by atomic mass is 9.97. The number of carbonyl (C=O) groups is 1. The largest absolute Gasteiger partial charge is 0.508 e. The average Bonchev–Trinajstić information content (AvgIpc) is 2.45. The predicted molar refractivity (Wildman–Crippen MR) is 82.3 cm³/mol. The predicted octanol–water partition coefficient (Wildman–Crippen LogP) is 2.81. The van der Waals surface area contributed by atoms with E-state index in [0.29, 0.717) is 29.7 Å². The molecule has 122 valence electrons. The van der Waals surface area contributed by atoms with E-state index in [9.17, 15) is 15.0 Å². The third-order valence-corrected chi connectivity index (χ3v) is 4.03. The van der Waals surface area contributed by atoms with Gasteiger partial charge >= 0.3 is 5.97 Å². The quantitative estimate of drug-likeness (QED) is 0.780. The third-order valence-electron chi connectivity index (χ3n) is 4.03. The van der Waals surface area contributed by atoms with E-state index >= 15 is 0 Å². The van der Waals surface area contributed by atoms with Gasteiger partial charge in [0.05, 0.1) is 19.3 Å². The monoisotopic (exact) mass is 308 g/mol. The molecule has 1 aromatic carbocycles. The Morgan fingerprint density at radius 3 is 2.68 bits per heavy atom. The number of hydrogen-bond acceptors (Lipinski definition) is 5. The fourth-order valence-electron chi connectivity index (χ4n) is 2.86. The standard InChI is InChI=1S/C17H24O5/c1-11-5-3-7-13(18)8-4-6-12-9-14(19)10-15(21-2)16(12)17(20)22-11/h9-11,13,18-19H,3-8H2,1-2H3. The number of esters is 1. The van der Waals surface area contributed by atoms with Crippen molar-refractivity contribution in [3.63, 3.8) is 0 Å². The highest BCUT2D eigenvalue weighted by Crippen LogP contribution is 2.31. The van der Waals surface area contributed by atoms with Crippen LogP contribution in [-0.4, -0.2) is 35.5 Å². The van der Waals surface area contributed by atoms with Crippen LogP contribution in [0.2, 0.25) is 0 Å². The van der Waals surface area contributed by atoms with Gasteiger partial charge < -0.3 is 19.7 Å². The molecule has 0 aliphatic carbocycles. The normalized spacial score (nSPS) is 23.7. The summed E-state index contributed by atoms with van der Waals surface area (Å²) < 4.78 is 10.7. The van der Waals surface area contributed by atoms with Crippen LogP contribution in [0.3, 0.4) is 0 Å². The average molecular weight is 308 g/mol. The van der Waals surface area contributed by atoms with Gasteiger partial charge in [0.25, 0.3) is 0 Å². The van der Waals surface area contributed by atoms with Gasteiger partial charge in [-0.2, -0.15) is 0 Å². The van der Waals surface area contributed by atoms with E-state index in [1.807, 2.05) is 6.92 Å². The van der Waals surface area contributed by atoms with E-state index in [1.165, 1.54) is 13.2 Å². The summed E-state index contributed by atoms with van der Waals surface area (Å²) in [5.74, 6) is -0.0330. The van der Waals surface area contributed by atoms with Crippen molar-refractivity contribution in [2.24, 2.45) is 0 Å². The van der Waals surface area contributed by atoms with Crippen molar-refractivity contribution in [1.82, 2.24) is 0 Å². The number of aliphatic hydroxyl groups excluding tert-OH is 1. The van der Waals surface area contributed by atoms with Crippen molar-refractivity contribution in [3.05, 3.63) is 23.3 Å². The van der Waals surface area contributed by atoms with Gasteiger partial charge in [-0.1, -0.05) is 0 Å². The lowest BCUT2D eigenvalue weighted by Crippen LogP contribution is -2.19. The number of aromatic hydroxyl groups is 1. The number of methoxy groups -OCH3 is 1. The van der Waals surface area contributed by atoms with Crippen LogP contribution in [0, 0.1) is 0 Å². The van der Waals surface area contributed by atoms with Gasteiger partial charge in [-0.25, -0.2) is 4.79 Å². The second kappa shape index (κ2) is 7.49. The summed E-state index contributed by atoms with van der Waals surface area (Å²) in [6, 6.07) is 2.99. The second-order valence-corrected chi connectivity index (χ2v) is 5.88. The maximum absolute atomic E-state index is 12.5. The van der Waals surface area contributed by atoms with Crippen LogP contribution >= 0.6 is 0 Å². The lowest BCUT2D eigenvalue weighted by molar-refractivity contribution is 0.0303. The van der Waals surface area contributed by atoms with Gasteiger partial charge in [-0.15, -0.1) is 0 Å². The molecule has 5 nitrogen and oxygen atoms in total. The van der Waals surface area contributed by atoms with E-state index in [-0.39, 0.29) is 18.0 Å². The summed E-state index contributed by atoms with van der Waals surface area (Å²) in [5, 5.41) is 19.8. The Morgan fingerprint density at radius 1 is 1.23 bits per heavy atom. The second-order valence-electron chi connectivity index (χ2n) is 5.88. The van der Waals surface area contributed by atoms with E-state index in [1.54, 1.807) is 6.07 Å². The first kappa shape index (κ1) is 16.6. The van der Waals surface area contributed by atoms with Gasteiger partial charge in [0, 0.05) is 6.07 Å². The summed E-state index contributed by atoms with van der Waals surface area (Å²) in [5.41, 5.74) is 1.07. The van der Waals surface area contributed by atoms with Crippen molar-refractivity contribution in [2.45, 2.75) is 57.7 Å². The molecule has 1 aromatic rings. The summed E-state index contributed by atoms with van der Waals surface area (Å²) in [4.78, 5) is 12.5. The molecular formula is C17H24O5. The molecule has 0 spiro atoms. The molecule has 1 heterocycles. The van der Waals surface area contributed by atoms with Gasteiger partial charge in [0.15, 0.2) is 0 Å². The highest BCUT2D eigenvalue weighted by atomic mass is 16.5. The maximum Gasteiger partial charge on any atom is 0.342 e. The first-order valence-corrected chi connectivity index (χ1v) is 7.80. The minimum Gasteiger partial charge on any atom is -0.508 e. The number of fused-ring (bicyclic) bond motifs is 1. The number of phenolic OH excluding ortho intramolecular Hbond substituents is 1. The smallest absolute Gasteiger partial charge is 0.342 e. The Labute approximate surface area is 130 Å². The van der Waals surface area contributed by atoms with Gasteiger partial charge in [-0.05, 0) is 57.1 Å². The summed E-state index contributed by atoms with van der Waals surface area (Å²) >= 11 is 0. The molecule has 0 saturated carbocycles. The van der Waals surface area contributed by atoms with Crippen LogP contribution in [-0.2, 0) is 11.2 Å². The molecule has 0 aromatic heterocycles. The number of carbonyl (C=O) groups excluding carboxylic acids is 1. The SMILES string of the molecule is COc1cc(O)cc2c1C(=O)OC(C)CCCC(O)CCC2. The van der Waals surface area contributed by atoms with E-state index in [0.717, 1.165) is 25.7 Å². The Balaban J connectivity index is 2.36.